The highest BCUT2D eigenvalue weighted by Crippen LogP contribution is 2.50. The van der Waals surface area contributed by atoms with Crippen molar-refractivity contribution in [1.29, 1.82) is 0 Å². The third-order valence-electron chi connectivity index (χ3n) is 5.45. The number of nitrogens with one attached hydrogen (secondary N) is 1. The van der Waals surface area contributed by atoms with E-state index in [9.17, 15) is 0 Å². The third kappa shape index (κ3) is 2.57. The zero-order valence-electron chi connectivity index (χ0n) is 12.6. The van der Waals surface area contributed by atoms with Gasteiger partial charge in [-0.2, -0.15) is 0 Å². The molecule has 2 bridgehead atoms. The molecule has 0 aliphatic heterocycles. The summed E-state index contributed by atoms with van der Waals surface area (Å²) in [7, 11) is 1.72. The first-order chi connectivity index (χ1) is 9.71. The summed E-state index contributed by atoms with van der Waals surface area (Å²) in [5.41, 5.74) is 5.49. The molecule has 2 saturated carbocycles. The first kappa shape index (κ1) is 13.9. The van der Waals surface area contributed by atoms with Crippen LogP contribution in [0.3, 0.4) is 0 Å². The molecule has 0 aromatic heterocycles. The number of fused-ring (bicyclic) bond motifs is 2. The van der Waals surface area contributed by atoms with Crippen molar-refractivity contribution in [1.82, 2.24) is 5.43 Å². The van der Waals surface area contributed by atoms with Crippen LogP contribution in [0, 0.1) is 24.7 Å². The van der Waals surface area contributed by atoms with Crippen LogP contribution in [-0.4, -0.2) is 7.11 Å². The largest absolute Gasteiger partial charge is 0.496 e. The molecule has 4 atom stereocenters. The first-order valence-corrected chi connectivity index (χ1v) is 7.82. The topological polar surface area (TPSA) is 47.3 Å². The van der Waals surface area contributed by atoms with Gasteiger partial charge in [0.15, 0.2) is 0 Å². The number of hydrazine groups is 1. The molecule has 4 unspecified atom stereocenters. The van der Waals surface area contributed by atoms with Gasteiger partial charge in [-0.25, -0.2) is 0 Å². The Morgan fingerprint density at radius 3 is 2.75 bits per heavy atom. The van der Waals surface area contributed by atoms with Gasteiger partial charge >= 0.3 is 0 Å². The number of rotatable bonds is 5. The van der Waals surface area contributed by atoms with E-state index in [1.54, 1.807) is 7.11 Å². The van der Waals surface area contributed by atoms with Gasteiger partial charge in [-0.15, -0.1) is 0 Å². The Labute approximate surface area is 121 Å². The summed E-state index contributed by atoms with van der Waals surface area (Å²) in [5, 5.41) is 0. The van der Waals surface area contributed by atoms with Crippen LogP contribution in [0.25, 0.3) is 0 Å². The average molecular weight is 274 g/mol. The quantitative estimate of drug-likeness (QED) is 0.639. The van der Waals surface area contributed by atoms with Gasteiger partial charge in [-0.1, -0.05) is 18.6 Å². The first-order valence-electron chi connectivity index (χ1n) is 7.82. The molecule has 0 amide bonds. The van der Waals surface area contributed by atoms with E-state index in [4.69, 9.17) is 10.6 Å². The molecule has 1 aromatic rings. The lowest BCUT2D eigenvalue weighted by Crippen LogP contribution is -2.30. The summed E-state index contributed by atoms with van der Waals surface area (Å²) in [5.74, 6) is 9.58. The standard InChI is InChI=1S/C17H26N2O/c1-11-7-14(5-6-17(11)20-2)16(19-18)10-15-9-12-3-4-13(15)8-12/h5-7,12-13,15-16,19H,3-4,8-10,18H2,1-2H3. The molecule has 3 heteroatoms. The number of methoxy groups -OCH3 is 1. The number of benzene rings is 1. The Morgan fingerprint density at radius 1 is 1.35 bits per heavy atom. The van der Waals surface area contributed by atoms with Crippen LogP contribution in [0.15, 0.2) is 18.2 Å². The van der Waals surface area contributed by atoms with Gasteiger partial charge in [0, 0.05) is 6.04 Å². The molecule has 3 rings (SSSR count). The minimum atomic E-state index is 0.268. The second-order valence-electron chi connectivity index (χ2n) is 6.62. The highest BCUT2D eigenvalue weighted by molar-refractivity contribution is 5.37. The number of ether oxygens (including phenoxy) is 1. The van der Waals surface area contributed by atoms with Crippen LogP contribution >= 0.6 is 0 Å². The van der Waals surface area contributed by atoms with Crippen LogP contribution in [0.1, 0.15) is 49.3 Å². The van der Waals surface area contributed by atoms with Crippen molar-refractivity contribution >= 4 is 0 Å². The van der Waals surface area contributed by atoms with Gasteiger partial charge in [0.2, 0.25) is 0 Å². The molecular formula is C17H26N2O. The van der Waals surface area contributed by atoms with Crippen molar-refractivity contribution in [2.45, 2.75) is 45.1 Å². The number of aryl methyl sites for hydroxylation is 1. The van der Waals surface area contributed by atoms with Crippen LogP contribution in [0.2, 0.25) is 0 Å². The Balaban J connectivity index is 1.71. The molecule has 3 N–H and O–H groups in total. The van der Waals surface area contributed by atoms with E-state index in [0.717, 1.165) is 23.5 Å². The van der Waals surface area contributed by atoms with Crippen LogP contribution in [0.5, 0.6) is 5.75 Å². The second kappa shape index (κ2) is 5.74. The summed E-state index contributed by atoms with van der Waals surface area (Å²) < 4.78 is 5.34. The highest BCUT2D eigenvalue weighted by atomic mass is 16.5. The lowest BCUT2D eigenvalue weighted by molar-refractivity contribution is 0.280. The number of hydrogen-bond acceptors (Lipinski definition) is 3. The average Bonchev–Trinajstić information content (AvgIpc) is 3.07. The van der Waals surface area contributed by atoms with Crippen molar-refractivity contribution in [3.8, 4) is 5.75 Å². The fourth-order valence-electron chi connectivity index (χ4n) is 4.39. The molecule has 2 fully saturated rings. The van der Waals surface area contributed by atoms with Gasteiger partial charge in [0.05, 0.1) is 7.11 Å². The van der Waals surface area contributed by atoms with E-state index in [1.807, 2.05) is 0 Å². The summed E-state index contributed by atoms with van der Waals surface area (Å²) in [6.45, 7) is 2.09. The van der Waals surface area contributed by atoms with Crippen molar-refractivity contribution in [3.63, 3.8) is 0 Å². The third-order valence-corrected chi connectivity index (χ3v) is 5.45. The molecule has 2 aliphatic carbocycles. The highest BCUT2D eigenvalue weighted by Gasteiger charge is 2.40. The molecule has 0 radical (unpaired) electrons. The van der Waals surface area contributed by atoms with E-state index < -0.39 is 0 Å². The molecule has 20 heavy (non-hydrogen) atoms. The summed E-state index contributed by atoms with van der Waals surface area (Å²) >= 11 is 0. The lowest BCUT2D eigenvalue weighted by atomic mass is 9.83. The van der Waals surface area contributed by atoms with E-state index >= 15 is 0 Å². The molecule has 0 saturated heterocycles. The lowest BCUT2D eigenvalue weighted by Gasteiger charge is -2.27. The van der Waals surface area contributed by atoms with Crippen LogP contribution < -0.4 is 16.0 Å². The molecular weight excluding hydrogens is 248 g/mol. The van der Waals surface area contributed by atoms with Gasteiger partial charge in [0.25, 0.3) is 0 Å². The van der Waals surface area contributed by atoms with Gasteiger partial charge in [0.1, 0.15) is 5.75 Å². The van der Waals surface area contributed by atoms with Crippen molar-refractivity contribution in [2.24, 2.45) is 23.6 Å². The van der Waals surface area contributed by atoms with E-state index in [0.29, 0.717) is 0 Å². The van der Waals surface area contributed by atoms with E-state index in [1.165, 1.54) is 43.2 Å². The Hall–Kier alpha value is -1.06. The number of nitrogens with two attached hydrogens (primary N) is 1. The van der Waals surface area contributed by atoms with Crippen molar-refractivity contribution < 1.29 is 4.74 Å². The molecule has 1 aromatic carbocycles. The molecule has 110 valence electrons. The minimum absolute atomic E-state index is 0.268. The monoisotopic (exact) mass is 274 g/mol. The Morgan fingerprint density at radius 2 is 2.20 bits per heavy atom. The smallest absolute Gasteiger partial charge is 0.121 e. The molecule has 2 aliphatic rings. The van der Waals surface area contributed by atoms with E-state index in [-0.39, 0.29) is 6.04 Å². The van der Waals surface area contributed by atoms with Crippen molar-refractivity contribution in [2.75, 3.05) is 7.11 Å². The molecule has 0 spiro atoms. The van der Waals surface area contributed by atoms with Gasteiger partial charge in [-0.3, -0.25) is 11.3 Å². The fourth-order valence-corrected chi connectivity index (χ4v) is 4.39. The zero-order valence-corrected chi connectivity index (χ0v) is 12.6. The second-order valence-corrected chi connectivity index (χ2v) is 6.62. The maximum Gasteiger partial charge on any atom is 0.121 e. The Kier molecular flexibility index (Phi) is 3.99. The molecule has 0 heterocycles. The van der Waals surface area contributed by atoms with Gasteiger partial charge in [-0.05, 0) is 67.6 Å². The van der Waals surface area contributed by atoms with Crippen LogP contribution in [0.4, 0.5) is 0 Å². The SMILES string of the molecule is COc1ccc(C(CC2CC3CCC2C3)NN)cc1C. The zero-order chi connectivity index (χ0) is 14.1. The Bertz CT molecular complexity index is 474. The summed E-state index contributed by atoms with van der Waals surface area (Å²) in [6, 6.07) is 6.67. The molecule has 3 nitrogen and oxygen atoms in total. The maximum absolute atomic E-state index is 5.82. The summed E-state index contributed by atoms with van der Waals surface area (Å²) in [6.07, 6.45) is 6.95. The van der Waals surface area contributed by atoms with Gasteiger partial charge < -0.3 is 4.74 Å². The number of hydrogen-bond donors (Lipinski definition) is 2. The minimum Gasteiger partial charge on any atom is -0.496 e. The fraction of sp³-hybridized carbons (Fsp3) is 0.647. The predicted octanol–water partition coefficient (Wildman–Crippen LogP) is 3.33. The normalized spacial score (nSPS) is 29.6. The van der Waals surface area contributed by atoms with Crippen LogP contribution in [-0.2, 0) is 0 Å². The van der Waals surface area contributed by atoms with E-state index in [2.05, 4.69) is 30.5 Å². The predicted molar refractivity (Wildman–Crippen MR) is 81.4 cm³/mol. The summed E-state index contributed by atoms with van der Waals surface area (Å²) in [4.78, 5) is 0. The maximum atomic E-state index is 5.82. The van der Waals surface area contributed by atoms with Crippen molar-refractivity contribution in [3.05, 3.63) is 29.3 Å².